The maximum Gasteiger partial charge on any atom is 0.415 e. The summed E-state index contributed by atoms with van der Waals surface area (Å²) in [5.41, 5.74) is 0.758. The van der Waals surface area contributed by atoms with E-state index in [1.165, 1.54) is 16.3 Å². The van der Waals surface area contributed by atoms with Crippen LogP contribution in [0.5, 0.6) is 0 Å². The number of nitrogens with one attached hydrogen (secondary N) is 1. The molecular weight excluding hydrogens is 389 g/mol. The van der Waals surface area contributed by atoms with Gasteiger partial charge >= 0.3 is 6.18 Å². The van der Waals surface area contributed by atoms with Gasteiger partial charge in [0, 0.05) is 11.6 Å². The molecule has 136 valence electrons. The minimum atomic E-state index is -4.68. The topological polar surface area (TPSA) is 59.8 Å². The second kappa shape index (κ2) is 7.46. The fraction of sp³-hybridized carbons (Fsp3) is 0.188. The van der Waals surface area contributed by atoms with Crippen LogP contribution in [0.1, 0.15) is 27.0 Å². The molecule has 0 aliphatic carbocycles. The Labute approximate surface area is 155 Å². The Kier molecular flexibility index (Phi) is 5.28. The van der Waals surface area contributed by atoms with E-state index in [0.717, 1.165) is 23.1 Å². The van der Waals surface area contributed by atoms with Crippen LogP contribution in [0, 0.1) is 0 Å². The second-order valence-corrected chi connectivity index (χ2v) is 6.59. The average Bonchev–Trinajstić information content (AvgIpc) is 3.23. The number of benzene rings is 1. The number of hydrogen-bond donors (Lipinski definition) is 1. The third-order valence-electron chi connectivity index (χ3n) is 3.50. The predicted molar refractivity (Wildman–Crippen MR) is 91.2 cm³/mol. The minimum absolute atomic E-state index is 0.0357. The highest BCUT2D eigenvalue weighted by Gasteiger charge is 2.44. The molecule has 0 aliphatic rings. The third kappa shape index (κ3) is 4.05. The number of amides is 1. The van der Waals surface area contributed by atoms with E-state index >= 15 is 0 Å². The lowest BCUT2D eigenvalue weighted by atomic mass is 10.2. The van der Waals surface area contributed by atoms with Gasteiger partial charge in [0.2, 0.25) is 0 Å². The van der Waals surface area contributed by atoms with Crippen LogP contribution in [0.4, 0.5) is 13.2 Å². The molecule has 3 aromatic rings. The molecule has 1 amide bonds. The van der Waals surface area contributed by atoms with Gasteiger partial charge < -0.3 is 5.32 Å². The van der Waals surface area contributed by atoms with E-state index in [9.17, 15) is 18.0 Å². The summed E-state index contributed by atoms with van der Waals surface area (Å²) in [5, 5.41) is 7.05. The van der Waals surface area contributed by atoms with Crippen molar-refractivity contribution in [3.63, 3.8) is 0 Å². The first-order valence-corrected chi connectivity index (χ1v) is 8.64. The van der Waals surface area contributed by atoms with Gasteiger partial charge in [-0.3, -0.25) is 4.79 Å². The number of thiazole rings is 1. The van der Waals surface area contributed by atoms with Crippen molar-refractivity contribution in [3.05, 3.63) is 69.4 Å². The van der Waals surface area contributed by atoms with Crippen LogP contribution in [0.3, 0.4) is 0 Å². The quantitative estimate of drug-likeness (QED) is 0.702. The smallest absolute Gasteiger partial charge is 0.335 e. The van der Waals surface area contributed by atoms with Gasteiger partial charge in [0.05, 0.1) is 18.3 Å². The average molecular weight is 401 g/mol. The van der Waals surface area contributed by atoms with E-state index in [1.54, 1.807) is 0 Å². The van der Waals surface area contributed by atoms with Gasteiger partial charge in [-0.15, -0.1) is 11.3 Å². The number of nitrogens with zero attached hydrogens (tertiary/aromatic N) is 3. The number of rotatable bonds is 5. The van der Waals surface area contributed by atoms with E-state index in [-0.39, 0.29) is 15.7 Å². The zero-order valence-corrected chi connectivity index (χ0v) is 14.6. The Bertz CT molecular complexity index is 881. The summed E-state index contributed by atoms with van der Waals surface area (Å²) in [6.45, 7) is 0.294. The van der Waals surface area contributed by atoms with Crippen molar-refractivity contribution in [2.45, 2.75) is 18.8 Å². The highest BCUT2D eigenvalue weighted by molar-refractivity contribution is 7.09. The SMILES string of the molecule is O=C(NC(c1nccs1)C(F)(F)F)c1cnn(Cc2ccccc2)c1Cl. The molecule has 5 nitrogen and oxygen atoms in total. The molecule has 10 heteroatoms. The van der Waals surface area contributed by atoms with Crippen molar-refractivity contribution in [2.24, 2.45) is 0 Å². The lowest BCUT2D eigenvalue weighted by Gasteiger charge is -2.19. The van der Waals surface area contributed by atoms with Crippen molar-refractivity contribution >= 4 is 28.8 Å². The summed E-state index contributed by atoms with van der Waals surface area (Å²) in [6.07, 6.45) is -2.29. The maximum atomic E-state index is 13.3. The molecule has 0 aliphatic heterocycles. The van der Waals surface area contributed by atoms with E-state index in [2.05, 4.69) is 10.1 Å². The van der Waals surface area contributed by atoms with Gasteiger partial charge in [-0.05, 0) is 5.56 Å². The van der Waals surface area contributed by atoms with Crippen molar-refractivity contribution in [2.75, 3.05) is 0 Å². The fourth-order valence-corrected chi connectivity index (χ4v) is 3.21. The van der Waals surface area contributed by atoms with Crippen molar-refractivity contribution in [3.8, 4) is 0 Å². The third-order valence-corrected chi connectivity index (χ3v) is 4.74. The van der Waals surface area contributed by atoms with Crippen molar-refractivity contribution in [1.82, 2.24) is 20.1 Å². The van der Waals surface area contributed by atoms with Crippen molar-refractivity contribution in [1.29, 1.82) is 0 Å². The monoisotopic (exact) mass is 400 g/mol. The number of halogens is 4. The molecule has 0 spiro atoms. The van der Waals surface area contributed by atoms with Crippen LogP contribution in [0.2, 0.25) is 5.15 Å². The normalized spacial score (nSPS) is 12.8. The van der Waals surface area contributed by atoms with Gasteiger partial charge in [-0.1, -0.05) is 41.9 Å². The minimum Gasteiger partial charge on any atom is -0.335 e. The Morgan fingerprint density at radius 1 is 1.31 bits per heavy atom. The molecule has 0 radical (unpaired) electrons. The molecule has 26 heavy (non-hydrogen) atoms. The lowest BCUT2D eigenvalue weighted by Crippen LogP contribution is -2.38. The molecule has 2 aromatic heterocycles. The molecule has 1 unspecified atom stereocenters. The summed E-state index contributed by atoms with van der Waals surface area (Å²) < 4.78 is 41.1. The zero-order valence-electron chi connectivity index (χ0n) is 13.1. The molecule has 0 saturated carbocycles. The largest absolute Gasteiger partial charge is 0.415 e. The number of carbonyl (C=O) groups is 1. The maximum absolute atomic E-state index is 13.3. The predicted octanol–water partition coefficient (Wildman–Crippen LogP) is 4.07. The van der Waals surface area contributed by atoms with Gasteiger partial charge in [-0.2, -0.15) is 18.3 Å². The van der Waals surface area contributed by atoms with Gasteiger partial charge in [-0.25, -0.2) is 9.67 Å². The first-order valence-electron chi connectivity index (χ1n) is 7.38. The first-order chi connectivity index (χ1) is 12.4. The van der Waals surface area contributed by atoms with E-state index in [0.29, 0.717) is 6.54 Å². The summed E-state index contributed by atoms with van der Waals surface area (Å²) in [6, 6.07) is 7.01. The Morgan fingerprint density at radius 3 is 2.65 bits per heavy atom. The molecule has 1 aromatic carbocycles. The molecule has 1 N–H and O–H groups in total. The standard InChI is InChI=1S/C16H12ClF3N4OS/c17-13-11(8-22-24(13)9-10-4-2-1-3-5-10)14(25)23-12(16(18,19)20)15-21-6-7-26-15/h1-8,12H,9H2,(H,23,25). The van der Waals surface area contributed by atoms with Crippen molar-refractivity contribution < 1.29 is 18.0 Å². The molecule has 0 fully saturated rings. The highest BCUT2D eigenvalue weighted by Crippen LogP contribution is 2.34. The summed E-state index contributed by atoms with van der Waals surface area (Å²) in [4.78, 5) is 16.0. The first kappa shape index (κ1) is 18.4. The number of hydrogen-bond acceptors (Lipinski definition) is 4. The fourth-order valence-electron chi connectivity index (χ4n) is 2.26. The molecule has 2 heterocycles. The van der Waals surface area contributed by atoms with Crippen LogP contribution in [-0.4, -0.2) is 26.8 Å². The summed E-state index contributed by atoms with van der Waals surface area (Å²) in [5.74, 6) is -0.966. The van der Waals surface area contributed by atoms with Crippen LogP contribution >= 0.6 is 22.9 Å². The van der Waals surface area contributed by atoms with E-state index < -0.39 is 18.1 Å². The molecule has 0 bridgehead atoms. The van der Waals surface area contributed by atoms with Crippen LogP contribution in [-0.2, 0) is 6.54 Å². The highest BCUT2D eigenvalue weighted by atomic mass is 35.5. The Hall–Kier alpha value is -2.39. The van der Waals surface area contributed by atoms with Gasteiger partial charge in [0.1, 0.15) is 10.2 Å². The molecule has 1 atom stereocenters. The molecular formula is C16H12ClF3N4OS. The Morgan fingerprint density at radius 2 is 2.04 bits per heavy atom. The van der Waals surface area contributed by atoms with Crippen LogP contribution < -0.4 is 5.32 Å². The van der Waals surface area contributed by atoms with Gasteiger partial charge in [0.25, 0.3) is 5.91 Å². The van der Waals surface area contributed by atoms with E-state index in [1.807, 2.05) is 35.6 Å². The van der Waals surface area contributed by atoms with Gasteiger partial charge in [0.15, 0.2) is 6.04 Å². The number of alkyl halides is 3. The Balaban J connectivity index is 1.79. The zero-order chi connectivity index (χ0) is 18.7. The van der Waals surface area contributed by atoms with E-state index in [4.69, 9.17) is 11.6 Å². The van der Waals surface area contributed by atoms with Crippen LogP contribution in [0.25, 0.3) is 0 Å². The second-order valence-electron chi connectivity index (χ2n) is 5.31. The molecule has 0 saturated heterocycles. The number of aromatic nitrogens is 3. The number of carbonyl (C=O) groups excluding carboxylic acids is 1. The molecule has 3 rings (SSSR count). The summed E-state index contributed by atoms with van der Waals surface area (Å²) >= 11 is 6.94. The lowest BCUT2D eigenvalue weighted by molar-refractivity contribution is -0.155. The van der Waals surface area contributed by atoms with Crippen LogP contribution in [0.15, 0.2) is 48.1 Å². The summed E-state index contributed by atoms with van der Waals surface area (Å²) in [7, 11) is 0.